The lowest BCUT2D eigenvalue weighted by Gasteiger charge is -2.04. The molecule has 18 heavy (non-hydrogen) atoms. The highest BCUT2D eigenvalue weighted by molar-refractivity contribution is 5.62. The van der Waals surface area contributed by atoms with Crippen molar-refractivity contribution in [2.45, 2.75) is 32.6 Å². The van der Waals surface area contributed by atoms with Gasteiger partial charge in [0.2, 0.25) is 0 Å². The third-order valence-electron chi connectivity index (χ3n) is 2.77. The van der Waals surface area contributed by atoms with Crippen LogP contribution in [0.1, 0.15) is 32.0 Å². The van der Waals surface area contributed by atoms with E-state index in [1.165, 1.54) is 19.2 Å². The zero-order valence-electron chi connectivity index (χ0n) is 10.5. The third-order valence-corrected chi connectivity index (χ3v) is 2.77. The molecule has 0 saturated carbocycles. The molecule has 0 unspecified atom stereocenters. The number of benzene rings is 1. The van der Waals surface area contributed by atoms with Crippen LogP contribution in [0.3, 0.4) is 0 Å². The van der Waals surface area contributed by atoms with Crippen LogP contribution in [-0.4, -0.2) is 20.1 Å². The van der Waals surface area contributed by atoms with Crippen molar-refractivity contribution >= 4 is 0 Å². The molecule has 0 aliphatic rings. The summed E-state index contributed by atoms with van der Waals surface area (Å²) in [6.45, 7) is 2.17. The maximum atomic E-state index is 9.77. The Morgan fingerprint density at radius 2 is 1.94 bits per heavy atom. The number of para-hydroxylation sites is 1. The zero-order valence-corrected chi connectivity index (χ0v) is 10.5. The molecule has 94 valence electrons. The molecule has 0 fully saturated rings. The number of aromatic nitrogens is 3. The molecule has 1 N–H and O–H groups in total. The predicted molar refractivity (Wildman–Crippen MR) is 70.2 cm³/mol. The molecule has 0 bridgehead atoms. The van der Waals surface area contributed by atoms with E-state index in [-0.39, 0.29) is 5.75 Å². The molecular weight excluding hydrogens is 226 g/mol. The lowest BCUT2D eigenvalue weighted by Crippen LogP contribution is -1.99. The topological polar surface area (TPSA) is 58.9 Å². The van der Waals surface area contributed by atoms with Gasteiger partial charge in [-0.25, -0.2) is 15.0 Å². The number of phenols is 1. The Hall–Kier alpha value is -1.97. The first-order valence-corrected chi connectivity index (χ1v) is 6.27. The summed E-state index contributed by atoms with van der Waals surface area (Å²) in [7, 11) is 0. The monoisotopic (exact) mass is 243 g/mol. The van der Waals surface area contributed by atoms with E-state index in [9.17, 15) is 5.11 Å². The summed E-state index contributed by atoms with van der Waals surface area (Å²) in [6, 6.07) is 7.08. The average Bonchev–Trinajstić information content (AvgIpc) is 2.40. The van der Waals surface area contributed by atoms with Gasteiger partial charge in [-0.15, -0.1) is 0 Å². The van der Waals surface area contributed by atoms with E-state index < -0.39 is 0 Å². The highest BCUT2D eigenvalue weighted by Crippen LogP contribution is 2.25. The first kappa shape index (κ1) is 12.5. The molecule has 1 aromatic heterocycles. The molecule has 0 atom stereocenters. The number of aromatic hydroxyl groups is 1. The Bertz CT molecular complexity index is 514. The molecule has 1 heterocycles. The van der Waals surface area contributed by atoms with Crippen molar-refractivity contribution in [2.24, 2.45) is 0 Å². The molecule has 2 rings (SSSR count). The van der Waals surface area contributed by atoms with Gasteiger partial charge in [0.15, 0.2) is 5.82 Å². The van der Waals surface area contributed by atoms with Gasteiger partial charge in [-0.1, -0.05) is 31.9 Å². The number of hydrogen-bond acceptors (Lipinski definition) is 4. The Kier molecular flexibility index (Phi) is 4.23. The van der Waals surface area contributed by atoms with E-state index in [0.29, 0.717) is 11.4 Å². The molecule has 4 heteroatoms. The quantitative estimate of drug-likeness (QED) is 0.820. The number of nitrogens with zero attached hydrogens (tertiary/aromatic N) is 3. The van der Waals surface area contributed by atoms with E-state index >= 15 is 0 Å². The molecule has 4 nitrogen and oxygen atoms in total. The maximum absolute atomic E-state index is 9.77. The van der Waals surface area contributed by atoms with Crippen molar-refractivity contribution in [3.05, 3.63) is 36.4 Å². The summed E-state index contributed by atoms with van der Waals surface area (Å²) in [6.07, 6.45) is 5.81. The van der Waals surface area contributed by atoms with E-state index in [1.807, 2.05) is 6.07 Å². The summed E-state index contributed by atoms with van der Waals surface area (Å²) in [4.78, 5) is 12.7. The smallest absolute Gasteiger partial charge is 0.166 e. The molecule has 2 aromatic rings. The second-order valence-electron chi connectivity index (χ2n) is 4.20. The van der Waals surface area contributed by atoms with Crippen LogP contribution in [0, 0.1) is 0 Å². The Morgan fingerprint density at radius 3 is 2.72 bits per heavy atom. The van der Waals surface area contributed by atoms with Crippen LogP contribution in [0.4, 0.5) is 0 Å². The summed E-state index contributed by atoms with van der Waals surface area (Å²) >= 11 is 0. The summed E-state index contributed by atoms with van der Waals surface area (Å²) < 4.78 is 0. The lowest BCUT2D eigenvalue weighted by atomic mass is 10.2. The van der Waals surface area contributed by atoms with Gasteiger partial charge in [0.1, 0.15) is 17.9 Å². The maximum Gasteiger partial charge on any atom is 0.166 e. The molecular formula is C14H17N3O. The van der Waals surface area contributed by atoms with E-state index in [2.05, 4.69) is 21.9 Å². The Morgan fingerprint density at radius 1 is 1.11 bits per heavy atom. The van der Waals surface area contributed by atoms with Gasteiger partial charge >= 0.3 is 0 Å². The van der Waals surface area contributed by atoms with Gasteiger partial charge in [0.05, 0.1) is 5.56 Å². The highest BCUT2D eigenvalue weighted by Gasteiger charge is 2.07. The fourth-order valence-corrected chi connectivity index (χ4v) is 1.78. The van der Waals surface area contributed by atoms with Crippen molar-refractivity contribution in [3.63, 3.8) is 0 Å². The minimum Gasteiger partial charge on any atom is -0.507 e. The first-order valence-electron chi connectivity index (χ1n) is 6.27. The number of unbranched alkanes of at least 4 members (excludes halogenated alkanes) is 2. The van der Waals surface area contributed by atoms with Gasteiger partial charge in [-0.3, -0.25) is 0 Å². The van der Waals surface area contributed by atoms with Gasteiger partial charge < -0.3 is 5.11 Å². The molecule has 0 amide bonds. The van der Waals surface area contributed by atoms with Gasteiger partial charge in [0.25, 0.3) is 0 Å². The molecule has 0 spiro atoms. The lowest BCUT2D eigenvalue weighted by molar-refractivity contribution is 0.477. The van der Waals surface area contributed by atoms with Crippen LogP contribution >= 0.6 is 0 Å². The summed E-state index contributed by atoms with van der Waals surface area (Å²) in [5.74, 6) is 1.52. The number of hydrogen-bond donors (Lipinski definition) is 1. The minimum atomic E-state index is 0.197. The summed E-state index contributed by atoms with van der Waals surface area (Å²) in [5, 5.41) is 9.77. The van der Waals surface area contributed by atoms with Crippen molar-refractivity contribution in [1.82, 2.24) is 15.0 Å². The SMILES string of the molecule is CCCCCc1ncnc(-c2ccccc2O)n1. The second kappa shape index (κ2) is 6.10. The fourth-order valence-electron chi connectivity index (χ4n) is 1.78. The van der Waals surface area contributed by atoms with Crippen molar-refractivity contribution in [2.75, 3.05) is 0 Å². The second-order valence-corrected chi connectivity index (χ2v) is 4.20. The molecule has 1 aromatic carbocycles. The Balaban J connectivity index is 2.19. The minimum absolute atomic E-state index is 0.197. The zero-order chi connectivity index (χ0) is 12.8. The van der Waals surface area contributed by atoms with Crippen LogP contribution in [0.2, 0.25) is 0 Å². The van der Waals surface area contributed by atoms with Gasteiger partial charge in [0, 0.05) is 6.42 Å². The van der Waals surface area contributed by atoms with Gasteiger partial charge in [-0.2, -0.15) is 0 Å². The van der Waals surface area contributed by atoms with E-state index in [4.69, 9.17) is 0 Å². The van der Waals surface area contributed by atoms with E-state index in [1.54, 1.807) is 18.2 Å². The largest absolute Gasteiger partial charge is 0.507 e. The van der Waals surface area contributed by atoms with Crippen molar-refractivity contribution < 1.29 is 5.11 Å². The third kappa shape index (κ3) is 3.03. The van der Waals surface area contributed by atoms with E-state index in [0.717, 1.165) is 18.7 Å². The normalized spacial score (nSPS) is 10.5. The van der Waals surface area contributed by atoms with Crippen LogP contribution < -0.4 is 0 Å². The van der Waals surface area contributed by atoms with Crippen LogP contribution in [0.15, 0.2) is 30.6 Å². The average molecular weight is 243 g/mol. The molecule has 0 saturated heterocycles. The van der Waals surface area contributed by atoms with Crippen molar-refractivity contribution in [3.8, 4) is 17.1 Å². The highest BCUT2D eigenvalue weighted by atomic mass is 16.3. The summed E-state index contributed by atoms with van der Waals surface area (Å²) in [5.41, 5.74) is 0.650. The van der Waals surface area contributed by atoms with Crippen LogP contribution in [-0.2, 0) is 6.42 Å². The first-order chi connectivity index (χ1) is 8.81. The standard InChI is InChI=1S/C14H17N3O/c1-2-3-4-9-13-15-10-16-14(17-13)11-7-5-6-8-12(11)18/h5-8,10,18H,2-4,9H2,1H3. The van der Waals surface area contributed by atoms with Crippen LogP contribution in [0.5, 0.6) is 5.75 Å². The molecule has 0 radical (unpaired) electrons. The predicted octanol–water partition coefficient (Wildman–Crippen LogP) is 2.98. The fraction of sp³-hybridized carbons (Fsp3) is 0.357. The molecule has 0 aliphatic carbocycles. The number of aryl methyl sites for hydroxylation is 1. The molecule has 0 aliphatic heterocycles. The van der Waals surface area contributed by atoms with Gasteiger partial charge in [-0.05, 0) is 18.6 Å². The van der Waals surface area contributed by atoms with Crippen molar-refractivity contribution in [1.29, 1.82) is 0 Å². The Labute approximate surface area is 107 Å². The van der Waals surface area contributed by atoms with Crippen LogP contribution in [0.25, 0.3) is 11.4 Å². The number of rotatable bonds is 5. The number of phenolic OH excluding ortho intramolecular Hbond substituents is 1.